The largest absolute Gasteiger partial charge is 0.482 e. The van der Waals surface area contributed by atoms with Crippen molar-refractivity contribution in [2.45, 2.75) is 25.4 Å². The van der Waals surface area contributed by atoms with Crippen molar-refractivity contribution in [3.63, 3.8) is 0 Å². The van der Waals surface area contributed by atoms with E-state index in [1.807, 2.05) is 0 Å². The van der Waals surface area contributed by atoms with Crippen molar-refractivity contribution in [1.29, 1.82) is 0 Å². The molecule has 1 aliphatic rings. The highest BCUT2D eigenvalue weighted by Gasteiger charge is 2.28. The molecule has 18 heavy (non-hydrogen) atoms. The molecule has 0 unspecified atom stereocenters. The predicted octanol–water partition coefficient (Wildman–Crippen LogP) is 3.84. The Hall–Kier alpha value is -1.39. The Labute approximate surface area is 104 Å². The minimum atomic E-state index is -4.30. The van der Waals surface area contributed by atoms with Crippen molar-refractivity contribution in [3.8, 4) is 5.75 Å². The van der Waals surface area contributed by atoms with Gasteiger partial charge in [-0.15, -0.1) is 0 Å². The molecule has 0 bridgehead atoms. The summed E-state index contributed by atoms with van der Waals surface area (Å²) in [5.74, 6) is 0.898. The van der Waals surface area contributed by atoms with Crippen molar-refractivity contribution >= 4 is 5.69 Å². The average Bonchev–Trinajstić information content (AvgIpc) is 2.24. The second-order valence-corrected chi connectivity index (χ2v) is 4.58. The maximum atomic E-state index is 12.1. The summed E-state index contributed by atoms with van der Waals surface area (Å²) < 4.78 is 41.1. The Morgan fingerprint density at radius 3 is 2.56 bits per heavy atom. The molecule has 5 heteroatoms. The van der Waals surface area contributed by atoms with Gasteiger partial charge in [-0.3, -0.25) is 0 Å². The normalized spacial score (nSPS) is 16.2. The van der Waals surface area contributed by atoms with E-state index in [1.54, 1.807) is 24.3 Å². The Bertz CT molecular complexity index is 388. The summed E-state index contributed by atoms with van der Waals surface area (Å²) in [5, 5.41) is 3.16. The lowest BCUT2D eigenvalue weighted by Gasteiger charge is -2.26. The molecule has 1 saturated carbocycles. The van der Waals surface area contributed by atoms with Gasteiger partial charge in [-0.2, -0.15) is 13.2 Å². The van der Waals surface area contributed by atoms with Gasteiger partial charge in [0, 0.05) is 6.54 Å². The minimum absolute atomic E-state index is 0.258. The van der Waals surface area contributed by atoms with E-state index in [0.717, 1.165) is 6.54 Å². The SMILES string of the molecule is FC(F)(F)COc1ccccc1NCC1CCC1. The lowest BCUT2D eigenvalue weighted by atomic mass is 9.85. The van der Waals surface area contributed by atoms with Gasteiger partial charge in [0.2, 0.25) is 0 Å². The molecule has 0 saturated heterocycles. The smallest absolute Gasteiger partial charge is 0.422 e. The van der Waals surface area contributed by atoms with Crippen LogP contribution in [-0.4, -0.2) is 19.3 Å². The van der Waals surface area contributed by atoms with Crippen molar-refractivity contribution in [3.05, 3.63) is 24.3 Å². The van der Waals surface area contributed by atoms with Crippen LogP contribution in [0.1, 0.15) is 19.3 Å². The summed E-state index contributed by atoms with van der Waals surface area (Å²) >= 11 is 0. The molecule has 0 atom stereocenters. The van der Waals surface area contributed by atoms with Gasteiger partial charge in [0.15, 0.2) is 6.61 Å². The molecule has 2 rings (SSSR count). The molecule has 0 aliphatic heterocycles. The molecule has 0 spiro atoms. The highest BCUT2D eigenvalue weighted by Crippen LogP contribution is 2.30. The lowest BCUT2D eigenvalue weighted by Crippen LogP contribution is -2.22. The monoisotopic (exact) mass is 259 g/mol. The Kier molecular flexibility index (Phi) is 3.99. The first kappa shape index (κ1) is 13.1. The van der Waals surface area contributed by atoms with Crippen molar-refractivity contribution in [1.82, 2.24) is 0 Å². The number of hydrogen-bond donors (Lipinski definition) is 1. The van der Waals surface area contributed by atoms with Crippen LogP contribution in [0.5, 0.6) is 5.75 Å². The van der Waals surface area contributed by atoms with Gasteiger partial charge in [-0.25, -0.2) is 0 Å². The first-order valence-corrected chi connectivity index (χ1v) is 6.07. The summed E-state index contributed by atoms with van der Waals surface area (Å²) in [4.78, 5) is 0. The fourth-order valence-corrected chi connectivity index (χ4v) is 1.85. The Morgan fingerprint density at radius 2 is 1.94 bits per heavy atom. The topological polar surface area (TPSA) is 21.3 Å². The zero-order valence-corrected chi connectivity index (χ0v) is 9.96. The molecular weight excluding hydrogens is 243 g/mol. The lowest BCUT2D eigenvalue weighted by molar-refractivity contribution is -0.153. The number of ether oxygens (including phenoxy) is 1. The Morgan fingerprint density at radius 1 is 1.22 bits per heavy atom. The minimum Gasteiger partial charge on any atom is -0.482 e. The van der Waals surface area contributed by atoms with Crippen LogP contribution in [0.4, 0.5) is 18.9 Å². The van der Waals surface area contributed by atoms with Crippen LogP contribution in [-0.2, 0) is 0 Å². The van der Waals surface area contributed by atoms with Crippen LogP contribution in [0.15, 0.2) is 24.3 Å². The number of nitrogens with one attached hydrogen (secondary N) is 1. The quantitative estimate of drug-likeness (QED) is 0.867. The zero-order valence-electron chi connectivity index (χ0n) is 9.96. The van der Waals surface area contributed by atoms with Crippen LogP contribution < -0.4 is 10.1 Å². The van der Waals surface area contributed by atoms with Gasteiger partial charge < -0.3 is 10.1 Å². The van der Waals surface area contributed by atoms with Gasteiger partial charge >= 0.3 is 6.18 Å². The van der Waals surface area contributed by atoms with Gasteiger partial charge in [0.1, 0.15) is 5.75 Å². The van der Waals surface area contributed by atoms with Crippen LogP contribution in [0, 0.1) is 5.92 Å². The van der Waals surface area contributed by atoms with Gasteiger partial charge in [0.25, 0.3) is 0 Å². The summed E-state index contributed by atoms with van der Waals surface area (Å²) in [7, 11) is 0. The molecule has 0 radical (unpaired) electrons. The van der Waals surface area contributed by atoms with E-state index in [0.29, 0.717) is 11.6 Å². The van der Waals surface area contributed by atoms with E-state index in [1.165, 1.54) is 19.3 Å². The van der Waals surface area contributed by atoms with Crippen molar-refractivity contribution < 1.29 is 17.9 Å². The number of rotatable bonds is 5. The van der Waals surface area contributed by atoms with Gasteiger partial charge in [-0.05, 0) is 30.9 Å². The van der Waals surface area contributed by atoms with E-state index in [-0.39, 0.29) is 5.75 Å². The molecule has 0 heterocycles. The van der Waals surface area contributed by atoms with E-state index >= 15 is 0 Å². The van der Waals surface area contributed by atoms with Crippen LogP contribution in [0.3, 0.4) is 0 Å². The van der Waals surface area contributed by atoms with E-state index in [4.69, 9.17) is 4.74 Å². The third-order valence-corrected chi connectivity index (χ3v) is 3.08. The maximum absolute atomic E-state index is 12.1. The molecule has 0 aromatic heterocycles. The third-order valence-electron chi connectivity index (χ3n) is 3.08. The molecule has 1 aromatic rings. The molecule has 1 fully saturated rings. The van der Waals surface area contributed by atoms with E-state index in [9.17, 15) is 13.2 Å². The summed E-state index contributed by atoms with van der Waals surface area (Å²) in [6.45, 7) is -0.457. The number of alkyl halides is 3. The molecule has 2 nitrogen and oxygen atoms in total. The van der Waals surface area contributed by atoms with Crippen LogP contribution in [0.25, 0.3) is 0 Å². The third kappa shape index (κ3) is 3.82. The van der Waals surface area contributed by atoms with Gasteiger partial charge in [-0.1, -0.05) is 18.6 Å². The van der Waals surface area contributed by atoms with Crippen LogP contribution in [0.2, 0.25) is 0 Å². The molecule has 0 amide bonds. The summed E-state index contributed by atoms with van der Waals surface area (Å²) in [6, 6.07) is 6.74. The standard InChI is InChI=1S/C13H16F3NO/c14-13(15,16)9-18-12-7-2-1-6-11(12)17-8-10-4-3-5-10/h1-2,6-7,10,17H,3-5,8-9H2. The predicted molar refractivity (Wildman–Crippen MR) is 63.8 cm³/mol. The fraction of sp³-hybridized carbons (Fsp3) is 0.538. The van der Waals surface area contributed by atoms with Gasteiger partial charge in [0.05, 0.1) is 5.69 Å². The summed E-state index contributed by atoms with van der Waals surface area (Å²) in [6.07, 6.45) is -0.670. The molecule has 100 valence electrons. The first-order chi connectivity index (χ1) is 8.54. The number of halogens is 3. The van der Waals surface area contributed by atoms with Crippen molar-refractivity contribution in [2.75, 3.05) is 18.5 Å². The van der Waals surface area contributed by atoms with E-state index < -0.39 is 12.8 Å². The number of benzene rings is 1. The second kappa shape index (κ2) is 5.50. The molecular formula is C13H16F3NO. The van der Waals surface area contributed by atoms with E-state index in [2.05, 4.69) is 5.32 Å². The van der Waals surface area contributed by atoms with Crippen molar-refractivity contribution in [2.24, 2.45) is 5.92 Å². The average molecular weight is 259 g/mol. The molecule has 1 N–H and O–H groups in total. The zero-order chi connectivity index (χ0) is 13.0. The highest BCUT2D eigenvalue weighted by molar-refractivity contribution is 5.56. The number of para-hydroxylation sites is 2. The Balaban J connectivity index is 1.91. The maximum Gasteiger partial charge on any atom is 0.422 e. The number of anilines is 1. The summed E-state index contributed by atoms with van der Waals surface area (Å²) in [5.41, 5.74) is 0.633. The highest BCUT2D eigenvalue weighted by atomic mass is 19.4. The molecule has 1 aromatic carbocycles. The first-order valence-electron chi connectivity index (χ1n) is 6.07. The number of hydrogen-bond acceptors (Lipinski definition) is 2. The fourth-order valence-electron chi connectivity index (χ4n) is 1.85. The second-order valence-electron chi connectivity index (χ2n) is 4.58. The van der Waals surface area contributed by atoms with Crippen LogP contribution >= 0.6 is 0 Å². The molecule has 1 aliphatic carbocycles.